The van der Waals surface area contributed by atoms with Crippen molar-refractivity contribution in [1.29, 1.82) is 0 Å². The highest BCUT2D eigenvalue weighted by molar-refractivity contribution is 7.71. The van der Waals surface area contributed by atoms with Gasteiger partial charge in [-0.05, 0) is 42.0 Å². The quantitative estimate of drug-likeness (QED) is 0.576. The molecule has 0 saturated carbocycles. The summed E-state index contributed by atoms with van der Waals surface area (Å²) in [5, 5.41) is 7.46. The van der Waals surface area contributed by atoms with Gasteiger partial charge in [0.2, 0.25) is 10.5 Å². The Morgan fingerprint density at radius 3 is 2.65 bits per heavy atom. The standard InChI is InChI=1S/C16H11FN4OS/c17-11-7-5-10(6-8-11)9-20-14(22)12-3-1-2-4-13(12)21-15(20)18-19-16(21)23/h1-8H,9H2,(H,19,23). The maximum Gasteiger partial charge on any atom is 0.263 e. The molecule has 23 heavy (non-hydrogen) atoms. The molecule has 4 aromatic rings. The van der Waals surface area contributed by atoms with Crippen LogP contribution in [0.4, 0.5) is 4.39 Å². The third-order valence-corrected chi connectivity index (χ3v) is 4.04. The molecule has 2 heterocycles. The fraction of sp³-hybridized carbons (Fsp3) is 0.0625. The van der Waals surface area contributed by atoms with Gasteiger partial charge in [-0.25, -0.2) is 9.49 Å². The lowest BCUT2D eigenvalue weighted by Crippen LogP contribution is -2.23. The van der Waals surface area contributed by atoms with Gasteiger partial charge in [-0.3, -0.25) is 13.8 Å². The first-order valence-electron chi connectivity index (χ1n) is 6.98. The van der Waals surface area contributed by atoms with Crippen molar-refractivity contribution in [1.82, 2.24) is 19.2 Å². The van der Waals surface area contributed by atoms with Gasteiger partial charge in [0.05, 0.1) is 17.4 Å². The monoisotopic (exact) mass is 326 g/mol. The van der Waals surface area contributed by atoms with Crippen molar-refractivity contribution in [2.24, 2.45) is 0 Å². The van der Waals surface area contributed by atoms with Crippen molar-refractivity contribution in [2.45, 2.75) is 6.54 Å². The number of rotatable bonds is 2. The lowest BCUT2D eigenvalue weighted by molar-refractivity contribution is 0.626. The van der Waals surface area contributed by atoms with Crippen LogP contribution in [0.15, 0.2) is 53.3 Å². The lowest BCUT2D eigenvalue weighted by atomic mass is 10.2. The van der Waals surface area contributed by atoms with Crippen molar-refractivity contribution in [3.63, 3.8) is 0 Å². The first-order valence-corrected chi connectivity index (χ1v) is 7.39. The molecule has 0 amide bonds. The van der Waals surface area contributed by atoms with E-state index in [0.717, 1.165) is 5.56 Å². The van der Waals surface area contributed by atoms with E-state index in [4.69, 9.17) is 12.2 Å². The number of nitrogens with one attached hydrogen (secondary N) is 1. The first kappa shape index (κ1) is 13.8. The van der Waals surface area contributed by atoms with Crippen molar-refractivity contribution < 1.29 is 4.39 Å². The molecular formula is C16H11FN4OS. The molecule has 0 aliphatic heterocycles. The summed E-state index contributed by atoms with van der Waals surface area (Å²) in [7, 11) is 0. The molecule has 0 aliphatic rings. The van der Waals surface area contributed by atoms with Crippen LogP contribution in [-0.2, 0) is 6.54 Å². The first-order chi connectivity index (χ1) is 11.1. The Morgan fingerprint density at radius 1 is 1.13 bits per heavy atom. The van der Waals surface area contributed by atoms with Gasteiger partial charge in [-0.15, -0.1) is 5.10 Å². The smallest absolute Gasteiger partial charge is 0.263 e. The summed E-state index contributed by atoms with van der Waals surface area (Å²) in [5.41, 5.74) is 1.35. The maximum absolute atomic E-state index is 13.1. The fourth-order valence-corrected chi connectivity index (χ4v) is 2.91. The summed E-state index contributed by atoms with van der Waals surface area (Å²) in [6.45, 7) is 0.285. The van der Waals surface area contributed by atoms with E-state index in [1.807, 2.05) is 18.2 Å². The largest absolute Gasteiger partial charge is 0.272 e. The molecule has 0 fully saturated rings. The summed E-state index contributed by atoms with van der Waals surface area (Å²) in [6.07, 6.45) is 0. The van der Waals surface area contributed by atoms with E-state index in [-0.39, 0.29) is 17.9 Å². The van der Waals surface area contributed by atoms with Crippen LogP contribution < -0.4 is 5.56 Å². The number of halogens is 1. The second-order valence-corrected chi connectivity index (χ2v) is 5.59. The summed E-state index contributed by atoms with van der Waals surface area (Å²) in [5.74, 6) is 0.120. The predicted octanol–water partition coefficient (Wildman–Crippen LogP) is 2.89. The predicted molar refractivity (Wildman–Crippen MR) is 87.6 cm³/mol. The van der Waals surface area contributed by atoms with Gasteiger partial charge in [-0.1, -0.05) is 24.3 Å². The molecule has 1 N–H and O–H groups in total. The molecule has 0 saturated heterocycles. The SMILES string of the molecule is O=c1c2ccccc2n2c(=S)[nH]nc2n1Cc1ccc(F)cc1. The molecular weight excluding hydrogens is 315 g/mol. The Labute approximate surface area is 134 Å². The van der Waals surface area contributed by atoms with E-state index in [9.17, 15) is 9.18 Å². The number of para-hydroxylation sites is 1. The fourth-order valence-electron chi connectivity index (χ4n) is 2.69. The van der Waals surface area contributed by atoms with Crippen LogP contribution in [0, 0.1) is 10.6 Å². The zero-order valence-electron chi connectivity index (χ0n) is 11.9. The third-order valence-electron chi connectivity index (χ3n) is 3.77. The number of aromatic amines is 1. The molecule has 5 nitrogen and oxygen atoms in total. The summed E-state index contributed by atoms with van der Waals surface area (Å²) < 4.78 is 16.7. The number of aromatic nitrogens is 4. The molecule has 0 radical (unpaired) electrons. The van der Waals surface area contributed by atoms with Gasteiger partial charge >= 0.3 is 0 Å². The van der Waals surface area contributed by atoms with Gasteiger partial charge in [0.25, 0.3) is 5.56 Å². The minimum atomic E-state index is -0.313. The zero-order valence-corrected chi connectivity index (χ0v) is 12.7. The van der Waals surface area contributed by atoms with Gasteiger partial charge < -0.3 is 0 Å². The Balaban J connectivity index is 2.05. The summed E-state index contributed by atoms with van der Waals surface area (Å²) >= 11 is 5.28. The Hall–Kier alpha value is -2.80. The van der Waals surface area contributed by atoms with Gasteiger partial charge in [0.1, 0.15) is 5.82 Å². The van der Waals surface area contributed by atoms with Crippen molar-refractivity contribution in [2.75, 3.05) is 0 Å². The minimum absolute atomic E-state index is 0.161. The topological polar surface area (TPSA) is 55.1 Å². The van der Waals surface area contributed by atoms with Crippen LogP contribution in [0.1, 0.15) is 5.56 Å². The molecule has 114 valence electrons. The molecule has 4 rings (SSSR count). The molecule has 2 aromatic heterocycles. The third kappa shape index (κ3) is 2.17. The Morgan fingerprint density at radius 2 is 1.87 bits per heavy atom. The van der Waals surface area contributed by atoms with Crippen LogP contribution in [0.5, 0.6) is 0 Å². The van der Waals surface area contributed by atoms with Crippen LogP contribution in [0.25, 0.3) is 16.7 Å². The number of H-pyrrole nitrogens is 1. The molecule has 0 aliphatic carbocycles. The van der Waals surface area contributed by atoms with Gasteiger partial charge in [0, 0.05) is 0 Å². The van der Waals surface area contributed by atoms with Crippen molar-refractivity contribution in [3.8, 4) is 0 Å². The number of benzene rings is 2. The highest BCUT2D eigenvalue weighted by Crippen LogP contribution is 2.14. The van der Waals surface area contributed by atoms with Crippen LogP contribution in [0.2, 0.25) is 0 Å². The molecule has 7 heteroatoms. The van der Waals surface area contributed by atoms with Crippen molar-refractivity contribution >= 4 is 28.9 Å². The van der Waals surface area contributed by atoms with E-state index in [1.54, 1.807) is 22.6 Å². The molecule has 2 aromatic carbocycles. The lowest BCUT2D eigenvalue weighted by Gasteiger charge is -2.10. The molecule has 0 spiro atoms. The average molecular weight is 326 g/mol. The minimum Gasteiger partial charge on any atom is -0.272 e. The molecule has 0 atom stereocenters. The van der Waals surface area contributed by atoms with Crippen molar-refractivity contribution in [3.05, 3.63) is 75.0 Å². The van der Waals surface area contributed by atoms with Crippen LogP contribution in [0.3, 0.4) is 0 Å². The van der Waals surface area contributed by atoms with Gasteiger partial charge in [0.15, 0.2) is 0 Å². The van der Waals surface area contributed by atoms with Gasteiger partial charge in [-0.2, -0.15) is 0 Å². The Kier molecular flexibility index (Phi) is 3.09. The van der Waals surface area contributed by atoms with E-state index < -0.39 is 0 Å². The summed E-state index contributed by atoms with van der Waals surface area (Å²) in [4.78, 5) is 12.8. The van der Waals surface area contributed by atoms with Crippen LogP contribution >= 0.6 is 12.2 Å². The van der Waals surface area contributed by atoms with Crippen LogP contribution in [-0.4, -0.2) is 19.2 Å². The number of fused-ring (bicyclic) bond motifs is 3. The number of hydrogen-bond donors (Lipinski definition) is 1. The number of nitrogens with zero attached hydrogens (tertiary/aromatic N) is 3. The molecule has 0 unspecified atom stereocenters. The van der Waals surface area contributed by atoms with E-state index in [2.05, 4.69) is 10.2 Å². The Bertz CT molecular complexity index is 1140. The maximum atomic E-state index is 13.1. The second kappa shape index (κ2) is 5.13. The zero-order chi connectivity index (χ0) is 16.0. The normalized spacial score (nSPS) is 11.3. The molecule has 0 bridgehead atoms. The second-order valence-electron chi connectivity index (χ2n) is 5.20. The van der Waals surface area contributed by atoms with E-state index in [1.165, 1.54) is 16.7 Å². The highest BCUT2D eigenvalue weighted by Gasteiger charge is 2.13. The van der Waals surface area contributed by atoms with E-state index in [0.29, 0.717) is 21.5 Å². The highest BCUT2D eigenvalue weighted by atomic mass is 32.1. The number of hydrogen-bond acceptors (Lipinski definition) is 3. The summed E-state index contributed by atoms with van der Waals surface area (Å²) in [6, 6.07) is 13.3. The average Bonchev–Trinajstić information content (AvgIpc) is 2.95. The van der Waals surface area contributed by atoms with E-state index >= 15 is 0 Å².